The van der Waals surface area contributed by atoms with E-state index in [-0.39, 0.29) is 18.4 Å². The standard InChI is InChI=1S/C21H27N3OS/c1-16-18(15-24-10-12-26-13-11-24)8-5-9-20(16)23-21(25)14-19(22)17-6-3-2-4-7-17/h2-9,19H,10-15,22H2,1H3,(H,23,25). The summed E-state index contributed by atoms with van der Waals surface area (Å²) in [4.78, 5) is 14.9. The molecule has 1 heterocycles. The third kappa shape index (κ3) is 5.10. The Morgan fingerprint density at radius 1 is 1.15 bits per heavy atom. The van der Waals surface area contributed by atoms with E-state index in [1.807, 2.05) is 54.2 Å². The van der Waals surface area contributed by atoms with Crippen LogP contribution in [0.25, 0.3) is 0 Å². The van der Waals surface area contributed by atoms with Gasteiger partial charge in [-0.1, -0.05) is 42.5 Å². The van der Waals surface area contributed by atoms with Gasteiger partial charge in [0, 0.05) is 49.3 Å². The van der Waals surface area contributed by atoms with Crippen molar-refractivity contribution in [2.75, 3.05) is 29.9 Å². The van der Waals surface area contributed by atoms with Crippen LogP contribution in [-0.2, 0) is 11.3 Å². The number of anilines is 1. The second kappa shape index (κ2) is 9.21. The van der Waals surface area contributed by atoms with E-state index in [1.165, 1.54) is 17.1 Å². The lowest BCUT2D eigenvalue weighted by Crippen LogP contribution is -2.32. The monoisotopic (exact) mass is 369 g/mol. The summed E-state index contributed by atoms with van der Waals surface area (Å²) in [6, 6.07) is 15.6. The van der Waals surface area contributed by atoms with Crippen LogP contribution in [0.4, 0.5) is 5.69 Å². The molecule has 0 saturated carbocycles. The van der Waals surface area contributed by atoms with Crippen LogP contribution in [0.3, 0.4) is 0 Å². The molecule has 1 aliphatic rings. The fourth-order valence-electron chi connectivity index (χ4n) is 3.21. The SMILES string of the molecule is Cc1c(CN2CCSCC2)cccc1NC(=O)CC(N)c1ccccc1. The molecule has 5 heteroatoms. The van der Waals surface area contributed by atoms with Gasteiger partial charge in [0.15, 0.2) is 0 Å². The zero-order valence-corrected chi connectivity index (χ0v) is 16.1. The third-order valence-corrected chi connectivity index (χ3v) is 5.79. The first-order valence-electron chi connectivity index (χ1n) is 9.12. The second-order valence-corrected chi connectivity index (χ2v) is 7.97. The Balaban J connectivity index is 1.62. The van der Waals surface area contributed by atoms with Gasteiger partial charge in [-0.15, -0.1) is 0 Å². The lowest BCUT2D eigenvalue weighted by molar-refractivity contribution is -0.116. The molecule has 0 spiro atoms. The van der Waals surface area contributed by atoms with E-state index < -0.39 is 0 Å². The molecule has 0 radical (unpaired) electrons. The summed E-state index contributed by atoms with van der Waals surface area (Å²) in [5.74, 6) is 2.36. The zero-order chi connectivity index (χ0) is 18.4. The Morgan fingerprint density at radius 3 is 2.62 bits per heavy atom. The third-order valence-electron chi connectivity index (χ3n) is 4.85. The number of benzene rings is 2. The Labute approximate surface area is 160 Å². The molecule has 1 atom stereocenters. The Hall–Kier alpha value is -1.82. The number of rotatable bonds is 6. The van der Waals surface area contributed by atoms with E-state index in [9.17, 15) is 4.79 Å². The molecule has 138 valence electrons. The summed E-state index contributed by atoms with van der Waals surface area (Å²) in [6.07, 6.45) is 0.275. The minimum atomic E-state index is -0.287. The number of nitrogens with two attached hydrogens (primary N) is 1. The number of thioether (sulfide) groups is 1. The molecule has 1 saturated heterocycles. The lowest BCUT2D eigenvalue weighted by atomic mass is 10.0. The van der Waals surface area contributed by atoms with Crippen molar-refractivity contribution in [2.45, 2.75) is 25.9 Å². The molecule has 2 aromatic rings. The maximum Gasteiger partial charge on any atom is 0.226 e. The smallest absolute Gasteiger partial charge is 0.226 e. The van der Waals surface area contributed by atoms with Gasteiger partial charge in [-0.05, 0) is 29.7 Å². The van der Waals surface area contributed by atoms with E-state index in [0.29, 0.717) is 0 Å². The molecule has 3 N–H and O–H groups in total. The average molecular weight is 370 g/mol. The van der Waals surface area contributed by atoms with Gasteiger partial charge in [-0.2, -0.15) is 11.8 Å². The lowest BCUT2D eigenvalue weighted by Gasteiger charge is -2.27. The number of amides is 1. The molecule has 4 nitrogen and oxygen atoms in total. The predicted octanol–water partition coefficient (Wildman–Crippen LogP) is 3.57. The zero-order valence-electron chi connectivity index (χ0n) is 15.3. The van der Waals surface area contributed by atoms with Crippen LogP contribution in [0.1, 0.15) is 29.2 Å². The van der Waals surface area contributed by atoms with Crippen molar-refractivity contribution < 1.29 is 4.79 Å². The maximum absolute atomic E-state index is 12.4. The van der Waals surface area contributed by atoms with Gasteiger partial charge in [0.05, 0.1) is 0 Å². The highest BCUT2D eigenvalue weighted by molar-refractivity contribution is 7.99. The number of hydrogen-bond donors (Lipinski definition) is 2. The number of nitrogens with zero attached hydrogens (tertiary/aromatic N) is 1. The first-order valence-corrected chi connectivity index (χ1v) is 10.3. The quantitative estimate of drug-likeness (QED) is 0.817. The largest absolute Gasteiger partial charge is 0.326 e. The van der Waals surface area contributed by atoms with Gasteiger partial charge in [0.2, 0.25) is 5.91 Å². The van der Waals surface area contributed by atoms with Crippen LogP contribution in [0.15, 0.2) is 48.5 Å². The first-order chi connectivity index (χ1) is 12.6. The average Bonchev–Trinajstić information content (AvgIpc) is 2.66. The van der Waals surface area contributed by atoms with Gasteiger partial charge >= 0.3 is 0 Å². The molecule has 1 fully saturated rings. The highest BCUT2D eigenvalue weighted by Gasteiger charge is 2.15. The van der Waals surface area contributed by atoms with Crippen molar-refractivity contribution in [3.8, 4) is 0 Å². The van der Waals surface area contributed by atoms with Crippen molar-refractivity contribution in [1.82, 2.24) is 4.90 Å². The van der Waals surface area contributed by atoms with Crippen molar-refractivity contribution in [3.63, 3.8) is 0 Å². The topological polar surface area (TPSA) is 58.4 Å². The van der Waals surface area contributed by atoms with Crippen LogP contribution in [0.5, 0.6) is 0 Å². The number of carbonyl (C=O) groups is 1. The molecule has 0 aromatic heterocycles. The van der Waals surface area contributed by atoms with E-state index in [4.69, 9.17) is 5.73 Å². The number of nitrogens with one attached hydrogen (secondary N) is 1. The van der Waals surface area contributed by atoms with E-state index in [2.05, 4.69) is 23.2 Å². The van der Waals surface area contributed by atoms with Gasteiger partial charge in [-0.25, -0.2) is 0 Å². The Kier molecular flexibility index (Phi) is 6.72. The Morgan fingerprint density at radius 2 is 1.88 bits per heavy atom. The second-order valence-electron chi connectivity index (χ2n) is 6.75. The molecule has 26 heavy (non-hydrogen) atoms. The van der Waals surface area contributed by atoms with Crippen LogP contribution < -0.4 is 11.1 Å². The molecule has 2 aromatic carbocycles. The molecular weight excluding hydrogens is 342 g/mol. The van der Waals surface area contributed by atoms with Crippen LogP contribution in [-0.4, -0.2) is 35.4 Å². The van der Waals surface area contributed by atoms with Crippen LogP contribution in [0, 0.1) is 6.92 Å². The fraction of sp³-hybridized carbons (Fsp3) is 0.381. The van der Waals surface area contributed by atoms with E-state index in [1.54, 1.807) is 0 Å². The summed E-state index contributed by atoms with van der Waals surface area (Å²) in [7, 11) is 0. The van der Waals surface area contributed by atoms with Crippen molar-refractivity contribution in [2.24, 2.45) is 5.73 Å². The predicted molar refractivity (Wildman–Crippen MR) is 110 cm³/mol. The number of hydrogen-bond acceptors (Lipinski definition) is 4. The minimum absolute atomic E-state index is 0.0454. The van der Waals surface area contributed by atoms with Crippen molar-refractivity contribution in [1.29, 1.82) is 0 Å². The summed E-state index contributed by atoms with van der Waals surface area (Å²) in [5.41, 5.74) is 10.5. The summed E-state index contributed by atoms with van der Waals surface area (Å²) < 4.78 is 0. The van der Waals surface area contributed by atoms with Crippen LogP contribution in [0.2, 0.25) is 0 Å². The molecule has 1 amide bonds. The van der Waals surface area contributed by atoms with Gasteiger partial charge in [-0.3, -0.25) is 9.69 Å². The van der Waals surface area contributed by atoms with Gasteiger partial charge in [0.25, 0.3) is 0 Å². The fourth-order valence-corrected chi connectivity index (χ4v) is 4.19. The minimum Gasteiger partial charge on any atom is -0.326 e. The summed E-state index contributed by atoms with van der Waals surface area (Å²) in [5, 5.41) is 3.05. The molecule has 3 rings (SSSR count). The highest BCUT2D eigenvalue weighted by atomic mass is 32.2. The molecule has 0 aliphatic carbocycles. The van der Waals surface area contributed by atoms with E-state index >= 15 is 0 Å². The summed E-state index contributed by atoms with van der Waals surface area (Å²) >= 11 is 2.02. The maximum atomic E-state index is 12.4. The van der Waals surface area contributed by atoms with Crippen molar-refractivity contribution in [3.05, 3.63) is 65.2 Å². The first kappa shape index (κ1) is 19.0. The van der Waals surface area contributed by atoms with Crippen LogP contribution >= 0.6 is 11.8 Å². The molecular formula is C21H27N3OS. The van der Waals surface area contributed by atoms with Gasteiger partial charge in [0.1, 0.15) is 0 Å². The normalized spacial score (nSPS) is 16.2. The van der Waals surface area contributed by atoms with E-state index in [0.717, 1.165) is 36.4 Å². The number of carbonyl (C=O) groups excluding carboxylic acids is 1. The molecule has 0 bridgehead atoms. The summed E-state index contributed by atoms with van der Waals surface area (Å²) in [6.45, 7) is 5.29. The van der Waals surface area contributed by atoms with Crippen molar-refractivity contribution >= 4 is 23.4 Å². The molecule has 1 aliphatic heterocycles. The van der Waals surface area contributed by atoms with Gasteiger partial charge < -0.3 is 11.1 Å². The Bertz CT molecular complexity index is 729. The molecule has 1 unspecified atom stereocenters. The highest BCUT2D eigenvalue weighted by Crippen LogP contribution is 2.23.